The summed E-state index contributed by atoms with van der Waals surface area (Å²) in [5.74, 6) is -0.263. The van der Waals surface area contributed by atoms with E-state index in [1.807, 2.05) is 0 Å². The van der Waals surface area contributed by atoms with Gasteiger partial charge in [-0.3, -0.25) is 9.69 Å². The third kappa shape index (κ3) is 4.77. The maximum absolute atomic E-state index is 13.7. The smallest absolute Gasteiger partial charge is 0.223 e. The molecule has 25 heavy (non-hydrogen) atoms. The number of piperazine rings is 1. The number of likely N-dealkylation sites (N-methyl/N-ethyl adjacent to an activating group) is 1. The van der Waals surface area contributed by atoms with E-state index in [9.17, 15) is 14.3 Å². The van der Waals surface area contributed by atoms with Gasteiger partial charge in [-0.1, -0.05) is 18.2 Å². The number of aliphatic hydroxyl groups is 1. The zero-order valence-electron chi connectivity index (χ0n) is 15.0. The molecule has 1 aromatic rings. The van der Waals surface area contributed by atoms with Gasteiger partial charge >= 0.3 is 0 Å². The Labute approximate surface area is 149 Å². The fourth-order valence-corrected chi connectivity index (χ4v) is 3.72. The molecule has 5 nitrogen and oxygen atoms in total. The van der Waals surface area contributed by atoms with Crippen molar-refractivity contribution >= 4 is 5.91 Å². The van der Waals surface area contributed by atoms with E-state index in [0.29, 0.717) is 38.0 Å². The highest BCUT2D eigenvalue weighted by Crippen LogP contribution is 2.24. The summed E-state index contributed by atoms with van der Waals surface area (Å²) in [6, 6.07) is 6.58. The highest BCUT2D eigenvalue weighted by molar-refractivity contribution is 5.77. The monoisotopic (exact) mass is 349 g/mol. The number of hydrogen-bond acceptors (Lipinski definition) is 4. The van der Waals surface area contributed by atoms with E-state index >= 15 is 0 Å². The summed E-state index contributed by atoms with van der Waals surface area (Å²) in [5.41, 5.74) is -0.244. The second-order valence-corrected chi connectivity index (χ2v) is 7.46. The minimum atomic E-state index is -0.816. The number of amides is 1. The van der Waals surface area contributed by atoms with Crippen LogP contribution < -0.4 is 0 Å². The van der Waals surface area contributed by atoms with Crippen LogP contribution in [0, 0.1) is 5.82 Å². The van der Waals surface area contributed by atoms with Crippen LogP contribution in [0.4, 0.5) is 4.39 Å². The van der Waals surface area contributed by atoms with Crippen molar-refractivity contribution < 1.29 is 14.3 Å². The number of rotatable bonds is 5. The Morgan fingerprint density at radius 2 is 1.92 bits per heavy atom. The van der Waals surface area contributed by atoms with Crippen molar-refractivity contribution in [2.45, 2.75) is 24.9 Å². The van der Waals surface area contributed by atoms with E-state index in [0.717, 1.165) is 26.2 Å². The van der Waals surface area contributed by atoms with Crippen LogP contribution in [0.25, 0.3) is 0 Å². The van der Waals surface area contributed by atoms with Gasteiger partial charge in [0.25, 0.3) is 0 Å². The predicted octanol–water partition coefficient (Wildman–Crippen LogP) is 0.969. The fourth-order valence-electron chi connectivity index (χ4n) is 3.72. The second-order valence-electron chi connectivity index (χ2n) is 7.46. The highest BCUT2D eigenvalue weighted by Gasteiger charge is 2.39. The normalized spacial score (nSPS) is 25.5. The predicted molar refractivity (Wildman–Crippen MR) is 94.8 cm³/mol. The molecule has 6 heteroatoms. The molecule has 2 aliphatic rings. The van der Waals surface area contributed by atoms with E-state index in [2.05, 4.69) is 16.8 Å². The number of halogens is 1. The summed E-state index contributed by atoms with van der Waals surface area (Å²) in [7, 11) is 2.11. The molecule has 1 aromatic carbocycles. The van der Waals surface area contributed by atoms with Gasteiger partial charge < -0.3 is 14.9 Å². The number of hydrogen-bond donors (Lipinski definition) is 1. The molecule has 3 rings (SSSR count). The van der Waals surface area contributed by atoms with Crippen LogP contribution >= 0.6 is 0 Å². The molecular formula is C19H28FN3O2. The summed E-state index contributed by atoms with van der Waals surface area (Å²) >= 11 is 0. The first-order valence-electron chi connectivity index (χ1n) is 9.10. The second kappa shape index (κ2) is 7.81. The standard InChI is InChI=1S/C19H28FN3O2/c1-21-10-12-22(13-11-21)14-19(25)8-9-23(15-19)18(24)7-6-16-4-2-3-5-17(16)20/h2-5,25H,6-15H2,1H3/t19-/m1/s1. The average molecular weight is 349 g/mol. The van der Waals surface area contributed by atoms with Gasteiger partial charge in [-0.05, 0) is 31.5 Å². The van der Waals surface area contributed by atoms with Gasteiger partial charge in [0, 0.05) is 45.7 Å². The van der Waals surface area contributed by atoms with E-state index in [4.69, 9.17) is 0 Å². The summed E-state index contributed by atoms with van der Waals surface area (Å²) in [6.45, 7) is 5.54. The molecule has 2 heterocycles. The third-order valence-electron chi connectivity index (χ3n) is 5.36. The lowest BCUT2D eigenvalue weighted by molar-refractivity contribution is -0.131. The number of aryl methyl sites for hydroxylation is 1. The highest BCUT2D eigenvalue weighted by atomic mass is 19.1. The lowest BCUT2D eigenvalue weighted by Gasteiger charge is -2.36. The molecule has 2 saturated heterocycles. The van der Waals surface area contributed by atoms with Crippen LogP contribution in [0.15, 0.2) is 24.3 Å². The lowest BCUT2D eigenvalue weighted by atomic mass is 10.0. The van der Waals surface area contributed by atoms with Crippen molar-refractivity contribution in [3.8, 4) is 0 Å². The lowest BCUT2D eigenvalue weighted by Crippen LogP contribution is -2.52. The van der Waals surface area contributed by atoms with Gasteiger partial charge in [0.05, 0.1) is 12.1 Å². The zero-order chi connectivity index (χ0) is 17.9. The molecule has 138 valence electrons. The van der Waals surface area contributed by atoms with Crippen molar-refractivity contribution in [3.63, 3.8) is 0 Å². The van der Waals surface area contributed by atoms with E-state index in [-0.39, 0.29) is 18.1 Å². The molecule has 0 saturated carbocycles. The SMILES string of the molecule is CN1CCN(C[C@]2(O)CCN(C(=O)CCc3ccccc3F)C2)CC1. The van der Waals surface area contributed by atoms with Gasteiger partial charge in [0.1, 0.15) is 5.82 Å². The molecule has 0 aromatic heterocycles. The van der Waals surface area contributed by atoms with Crippen LogP contribution in [0.3, 0.4) is 0 Å². The molecule has 0 aliphatic carbocycles. The number of benzene rings is 1. The van der Waals surface area contributed by atoms with Crippen molar-refractivity contribution in [2.75, 3.05) is 52.9 Å². The Morgan fingerprint density at radius 3 is 2.64 bits per heavy atom. The fraction of sp³-hybridized carbons (Fsp3) is 0.632. The number of likely N-dealkylation sites (tertiary alicyclic amines) is 1. The Kier molecular flexibility index (Phi) is 5.71. The van der Waals surface area contributed by atoms with Crippen molar-refractivity contribution in [3.05, 3.63) is 35.6 Å². The maximum atomic E-state index is 13.7. The Morgan fingerprint density at radius 1 is 1.20 bits per heavy atom. The number of nitrogens with zero attached hydrogens (tertiary/aromatic N) is 3. The Bertz CT molecular complexity index is 604. The molecule has 0 radical (unpaired) electrons. The van der Waals surface area contributed by atoms with Crippen molar-refractivity contribution in [2.24, 2.45) is 0 Å². The van der Waals surface area contributed by atoms with Crippen molar-refractivity contribution in [1.29, 1.82) is 0 Å². The van der Waals surface area contributed by atoms with Crippen molar-refractivity contribution in [1.82, 2.24) is 14.7 Å². The first kappa shape index (κ1) is 18.3. The van der Waals surface area contributed by atoms with Gasteiger partial charge in [-0.15, -0.1) is 0 Å². The van der Waals surface area contributed by atoms with E-state index in [1.165, 1.54) is 6.07 Å². The zero-order valence-corrected chi connectivity index (χ0v) is 15.0. The molecule has 0 spiro atoms. The summed E-state index contributed by atoms with van der Waals surface area (Å²) < 4.78 is 13.7. The van der Waals surface area contributed by atoms with E-state index in [1.54, 1.807) is 23.1 Å². The van der Waals surface area contributed by atoms with Crippen LogP contribution in [-0.4, -0.2) is 84.2 Å². The first-order valence-corrected chi connectivity index (χ1v) is 9.10. The molecule has 2 aliphatic heterocycles. The number of carbonyl (C=O) groups is 1. The first-order chi connectivity index (χ1) is 12.0. The molecule has 0 bridgehead atoms. The maximum Gasteiger partial charge on any atom is 0.223 e. The minimum Gasteiger partial charge on any atom is -0.387 e. The largest absolute Gasteiger partial charge is 0.387 e. The quantitative estimate of drug-likeness (QED) is 0.861. The topological polar surface area (TPSA) is 47.0 Å². The molecule has 1 atom stereocenters. The molecule has 2 fully saturated rings. The van der Waals surface area contributed by atoms with Crippen LogP contribution in [0.5, 0.6) is 0 Å². The summed E-state index contributed by atoms with van der Waals surface area (Å²) in [5, 5.41) is 10.8. The molecule has 1 amide bonds. The van der Waals surface area contributed by atoms with Gasteiger partial charge in [-0.25, -0.2) is 4.39 Å². The molecule has 1 N–H and O–H groups in total. The van der Waals surface area contributed by atoms with Crippen LogP contribution in [-0.2, 0) is 11.2 Å². The summed E-state index contributed by atoms with van der Waals surface area (Å²) in [4.78, 5) is 18.7. The number of carbonyl (C=O) groups excluding carboxylic acids is 1. The van der Waals surface area contributed by atoms with Gasteiger partial charge in [0.15, 0.2) is 0 Å². The van der Waals surface area contributed by atoms with Crippen LogP contribution in [0.1, 0.15) is 18.4 Å². The minimum absolute atomic E-state index is 0.00226. The molecule has 0 unspecified atom stereocenters. The number of β-amino-alcohol motifs (C(OH)–C–C–N with tert-alkyl or cyclic N) is 1. The average Bonchev–Trinajstić information content (AvgIpc) is 2.98. The van der Waals surface area contributed by atoms with Crippen LogP contribution in [0.2, 0.25) is 0 Å². The Hall–Kier alpha value is -1.50. The molecular weight excluding hydrogens is 321 g/mol. The van der Waals surface area contributed by atoms with E-state index < -0.39 is 5.60 Å². The summed E-state index contributed by atoms with van der Waals surface area (Å²) in [6.07, 6.45) is 1.30. The third-order valence-corrected chi connectivity index (χ3v) is 5.36. The Balaban J connectivity index is 1.48. The van der Waals surface area contributed by atoms with Gasteiger partial charge in [0.2, 0.25) is 5.91 Å². The van der Waals surface area contributed by atoms with Gasteiger partial charge in [-0.2, -0.15) is 0 Å².